The number of anilines is 1. The summed E-state index contributed by atoms with van der Waals surface area (Å²) in [6.07, 6.45) is -0.590. The van der Waals surface area contributed by atoms with E-state index in [1.54, 1.807) is 20.8 Å². The van der Waals surface area contributed by atoms with Gasteiger partial charge >= 0.3 is 6.09 Å². The molecule has 0 fully saturated rings. The summed E-state index contributed by atoms with van der Waals surface area (Å²) in [4.78, 5) is 15.4. The van der Waals surface area contributed by atoms with Crippen molar-refractivity contribution < 1.29 is 14.6 Å². The lowest BCUT2D eigenvalue weighted by Gasteiger charge is -2.18. The second-order valence-corrected chi connectivity index (χ2v) is 5.23. The Hall–Kier alpha value is -1.28. The first-order valence-electron chi connectivity index (χ1n) is 5.07. The zero-order chi connectivity index (χ0) is 12.9. The first-order valence-corrected chi connectivity index (χ1v) is 6.05. The van der Waals surface area contributed by atoms with Gasteiger partial charge in [0.15, 0.2) is 0 Å². The first-order chi connectivity index (χ1) is 7.90. The zero-order valence-electron chi connectivity index (χ0n) is 9.98. The molecule has 96 valence electrons. The normalized spacial score (nSPS) is 11.3. The molecule has 0 aliphatic rings. The minimum Gasteiger partial charge on any atom is -0.444 e. The van der Waals surface area contributed by atoms with E-state index in [0.29, 0.717) is 10.9 Å². The second-order valence-electron chi connectivity index (χ2n) is 4.17. The minimum absolute atomic E-state index is 0.0496. The molecule has 8 heteroatoms. The smallest absolute Gasteiger partial charge is 0.414 e. The predicted molar refractivity (Wildman–Crippen MR) is 64.0 cm³/mol. The van der Waals surface area contributed by atoms with Gasteiger partial charge in [-0.25, -0.2) is 9.89 Å². The molecular weight excluding hydrogens is 244 g/mol. The summed E-state index contributed by atoms with van der Waals surface area (Å²) in [5.74, 6) is 0.726. The molecule has 3 N–H and O–H groups in total. The van der Waals surface area contributed by atoms with Crippen LogP contribution in [0.2, 0.25) is 0 Å². The van der Waals surface area contributed by atoms with E-state index in [4.69, 9.17) is 9.84 Å². The molecule has 0 aliphatic heterocycles. The highest BCUT2D eigenvalue weighted by molar-refractivity contribution is 7.99. The molecule has 0 bridgehead atoms. The van der Waals surface area contributed by atoms with Crippen LogP contribution in [0.3, 0.4) is 0 Å². The third-order valence-corrected chi connectivity index (χ3v) is 2.23. The van der Waals surface area contributed by atoms with E-state index < -0.39 is 11.7 Å². The fraction of sp³-hybridized carbons (Fsp3) is 0.667. The van der Waals surface area contributed by atoms with Gasteiger partial charge in [0.1, 0.15) is 5.60 Å². The number of thioether (sulfide) groups is 1. The van der Waals surface area contributed by atoms with Crippen molar-refractivity contribution in [2.75, 3.05) is 17.7 Å². The molecule has 0 radical (unpaired) electrons. The third-order valence-electron chi connectivity index (χ3n) is 1.41. The number of nitrogens with one attached hydrogen (secondary N) is 2. The standard InChI is InChI=1S/C9H16N4O3S/c1-9(2,3)16-8(15)11-6-10-7(13-12-6)17-5-4-14/h14H,4-5H2,1-3H3,(H2,10,11,12,13,15). The van der Waals surface area contributed by atoms with E-state index >= 15 is 0 Å². The van der Waals surface area contributed by atoms with Crippen LogP contribution in [0.15, 0.2) is 5.16 Å². The van der Waals surface area contributed by atoms with Gasteiger partial charge in [-0.15, -0.1) is 5.10 Å². The van der Waals surface area contributed by atoms with E-state index in [2.05, 4.69) is 20.5 Å². The topological polar surface area (TPSA) is 100 Å². The lowest BCUT2D eigenvalue weighted by Crippen LogP contribution is -2.27. The molecule has 0 aliphatic carbocycles. The zero-order valence-corrected chi connectivity index (χ0v) is 10.8. The van der Waals surface area contributed by atoms with Crippen LogP contribution in [-0.2, 0) is 4.74 Å². The van der Waals surface area contributed by atoms with Gasteiger partial charge in [-0.05, 0) is 20.8 Å². The average molecular weight is 260 g/mol. The van der Waals surface area contributed by atoms with Crippen LogP contribution in [0, 0.1) is 0 Å². The number of amides is 1. The lowest BCUT2D eigenvalue weighted by molar-refractivity contribution is 0.0634. The fourth-order valence-electron chi connectivity index (χ4n) is 0.904. The minimum atomic E-state index is -0.590. The number of carbonyl (C=O) groups is 1. The summed E-state index contributed by atoms with van der Waals surface area (Å²) in [6, 6.07) is 0. The number of aliphatic hydroxyl groups is 1. The Kier molecular flexibility index (Phi) is 4.76. The van der Waals surface area contributed by atoms with Crippen molar-refractivity contribution in [3.63, 3.8) is 0 Å². The SMILES string of the molecule is CC(C)(C)OC(=O)Nc1nc(SCCO)n[nH]1. The van der Waals surface area contributed by atoms with Gasteiger partial charge in [0.2, 0.25) is 11.1 Å². The van der Waals surface area contributed by atoms with Crippen LogP contribution in [0.5, 0.6) is 0 Å². The van der Waals surface area contributed by atoms with Gasteiger partial charge in [0.25, 0.3) is 0 Å². The Morgan fingerprint density at radius 1 is 1.59 bits per heavy atom. The van der Waals surface area contributed by atoms with Crippen molar-refractivity contribution in [3.05, 3.63) is 0 Å². The number of aliphatic hydroxyl groups excluding tert-OH is 1. The quantitative estimate of drug-likeness (QED) is 0.704. The molecule has 0 saturated carbocycles. The van der Waals surface area contributed by atoms with E-state index in [1.165, 1.54) is 11.8 Å². The number of aromatic nitrogens is 3. The number of aromatic amines is 1. The largest absolute Gasteiger partial charge is 0.444 e. The van der Waals surface area contributed by atoms with Crippen molar-refractivity contribution in [2.45, 2.75) is 31.5 Å². The van der Waals surface area contributed by atoms with Gasteiger partial charge in [-0.2, -0.15) is 4.98 Å². The van der Waals surface area contributed by atoms with Crippen LogP contribution >= 0.6 is 11.8 Å². The molecule has 0 unspecified atom stereocenters. The number of hydrogen-bond acceptors (Lipinski definition) is 6. The summed E-state index contributed by atoms with van der Waals surface area (Å²) < 4.78 is 5.05. The molecule has 1 aromatic heterocycles. The summed E-state index contributed by atoms with van der Waals surface area (Å²) in [6.45, 7) is 5.37. The molecule has 1 amide bonds. The van der Waals surface area contributed by atoms with Gasteiger partial charge in [-0.1, -0.05) is 11.8 Å². The van der Waals surface area contributed by atoms with E-state index in [0.717, 1.165) is 0 Å². The van der Waals surface area contributed by atoms with Crippen molar-refractivity contribution in [1.82, 2.24) is 15.2 Å². The summed E-state index contributed by atoms with van der Waals surface area (Å²) in [5, 5.41) is 17.9. The Morgan fingerprint density at radius 2 is 2.29 bits per heavy atom. The number of carbonyl (C=O) groups excluding carboxylic acids is 1. The van der Waals surface area contributed by atoms with Gasteiger partial charge < -0.3 is 9.84 Å². The monoisotopic (exact) mass is 260 g/mol. The maximum absolute atomic E-state index is 11.4. The molecule has 1 aromatic rings. The summed E-state index contributed by atoms with van der Waals surface area (Å²) in [5.41, 5.74) is -0.557. The highest BCUT2D eigenvalue weighted by atomic mass is 32.2. The van der Waals surface area contributed by atoms with Crippen LogP contribution in [-0.4, -0.2) is 44.3 Å². The molecule has 0 saturated heterocycles. The molecule has 17 heavy (non-hydrogen) atoms. The molecule has 7 nitrogen and oxygen atoms in total. The number of ether oxygens (including phenoxy) is 1. The van der Waals surface area contributed by atoms with E-state index in [1.807, 2.05) is 0 Å². The number of hydrogen-bond donors (Lipinski definition) is 3. The lowest BCUT2D eigenvalue weighted by atomic mass is 10.2. The average Bonchev–Trinajstić information content (AvgIpc) is 2.59. The maximum Gasteiger partial charge on any atom is 0.414 e. The second kappa shape index (κ2) is 5.87. The predicted octanol–water partition coefficient (Wildman–Crippen LogP) is 1.24. The molecule has 0 aromatic carbocycles. The van der Waals surface area contributed by atoms with Crippen molar-refractivity contribution in [3.8, 4) is 0 Å². The molecule has 1 heterocycles. The number of H-pyrrole nitrogens is 1. The van der Waals surface area contributed by atoms with E-state index in [-0.39, 0.29) is 12.6 Å². The highest BCUT2D eigenvalue weighted by Gasteiger charge is 2.17. The number of rotatable bonds is 4. The van der Waals surface area contributed by atoms with E-state index in [9.17, 15) is 4.79 Å². The third kappa shape index (κ3) is 5.55. The Morgan fingerprint density at radius 3 is 2.88 bits per heavy atom. The summed E-state index contributed by atoms with van der Waals surface area (Å²) >= 11 is 1.29. The van der Waals surface area contributed by atoms with Gasteiger partial charge in [0.05, 0.1) is 6.61 Å². The van der Waals surface area contributed by atoms with Crippen molar-refractivity contribution in [1.29, 1.82) is 0 Å². The summed E-state index contributed by atoms with van der Waals surface area (Å²) in [7, 11) is 0. The van der Waals surface area contributed by atoms with Crippen molar-refractivity contribution in [2.24, 2.45) is 0 Å². The highest BCUT2D eigenvalue weighted by Crippen LogP contribution is 2.14. The van der Waals surface area contributed by atoms with Gasteiger partial charge in [-0.3, -0.25) is 5.32 Å². The Balaban J connectivity index is 2.46. The fourth-order valence-corrected chi connectivity index (χ4v) is 1.44. The van der Waals surface area contributed by atoms with Crippen LogP contribution in [0.1, 0.15) is 20.8 Å². The first kappa shape index (κ1) is 13.8. The molecular formula is C9H16N4O3S. The van der Waals surface area contributed by atoms with Gasteiger partial charge in [0, 0.05) is 5.75 Å². The Labute approximate surface area is 103 Å². The van der Waals surface area contributed by atoms with Crippen molar-refractivity contribution >= 4 is 23.8 Å². The Bertz CT molecular complexity index is 375. The number of nitrogens with zero attached hydrogens (tertiary/aromatic N) is 2. The van der Waals surface area contributed by atoms with Crippen LogP contribution in [0.4, 0.5) is 10.7 Å². The van der Waals surface area contributed by atoms with Crippen LogP contribution in [0.25, 0.3) is 0 Å². The molecule has 1 rings (SSSR count). The van der Waals surface area contributed by atoms with Crippen LogP contribution < -0.4 is 5.32 Å². The molecule has 0 atom stereocenters. The maximum atomic E-state index is 11.4. The molecule has 0 spiro atoms.